The van der Waals surface area contributed by atoms with Crippen molar-refractivity contribution >= 4 is 11.6 Å². The van der Waals surface area contributed by atoms with Crippen molar-refractivity contribution in [3.05, 3.63) is 22.5 Å². The third-order valence-corrected chi connectivity index (χ3v) is 3.21. The van der Waals surface area contributed by atoms with Gasteiger partial charge in [-0.2, -0.15) is 5.10 Å². The zero-order valence-corrected chi connectivity index (χ0v) is 8.67. The summed E-state index contributed by atoms with van der Waals surface area (Å²) in [7, 11) is 0. The number of hydrogen-bond acceptors (Lipinski definition) is 2. The minimum Gasteiger partial charge on any atom is -0.154 e. The van der Waals surface area contributed by atoms with E-state index in [1.54, 1.807) is 0 Å². The van der Waals surface area contributed by atoms with Crippen LogP contribution in [0.1, 0.15) is 37.4 Å². The average molecular weight is 197 g/mol. The highest BCUT2D eigenvalue weighted by Gasteiger charge is 2.24. The standard InChI is InChI=1S/C10H13ClN2/c1-6-3-4-8-5-9(11)12-13-10(8)7(6)2/h5-7H,3-4H2,1-2H3. The van der Waals surface area contributed by atoms with E-state index < -0.39 is 0 Å². The highest BCUT2D eigenvalue weighted by Crippen LogP contribution is 2.34. The molecular formula is C10H13ClN2. The molecule has 0 N–H and O–H groups in total. The van der Waals surface area contributed by atoms with E-state index in [4.69, 9.17) is 11.6 Å². The molecule has 2 atom stereocenters. The Bertz CT molecular complexity index is 325. The van der Waals surface area contributed by atoms with Crippen LogP contribution in [0.3, 0.4) is 0 Å². The van der Waals surface area contributed by atoms with E-state index in [2.05, 4.69) is 24.0 Å². The Morgan fingerprint density at radius 1 is 1.38 bits per heavy atom. The van der Waals surface area contributed by atoms with E-state index in [1.807, 2.05) is 6.07 Å². The second-order valence-electron chi connectivity index (χ2n) is 3.88. The summed E-state index contributed by atoms with van der Waals surface area (Å²) in [5, 5.41) is 8.58. The summed E-state index contributed by atoms with van der Waals surface area (Å²) < 4.78 is 0. The summed E-state index contributed by atoms with van der Waals surface area (Å²) in [6.45, 7) is 4.48. The number of halogens is 1. The molecule has 1 aromatic heterocycles. The molecule has 1 aliphatic rings. The van der Waals surface area contributed by atoms with Crippen molar-refractivity contribution in [2.45, 2.75) is 32.6 Å². The molecule has 2 nitrogen and oxygen atoms in total. The lowest BCUT2D eigenvalue weighted by molar-refractivity contribution is 0.413. The van der Waals surface area contributed by atoms with E-state index in [0.29, 0.717) is 17.0 Å². The first-order chi connectivity index (χ1) is 6.18. The van der Waals surface area contributed by atoms with Crippen LogP contribution in [0.5, 0.6) is 0 Å². The van der Waals surface area contributed by atoms with Crippen molar-refractivity contribution in [1.82, 2.24) is 10.2 Å². The van der Waals surface area contributed by atoms with Crippen molar-refractivity contribution in [2.75, 3.05) is 0 Å². The SMILES string of the molecule is CC1CCc2cc(Cl)nnc2C1C. The van der Waals surface area contributed by atoms with Crippen LogP contribution in [0.15, 0.2) is 6.07 Å². The summed E-state index contributed by atoms with van der Waals surface area (Å²) in [5.41, 5.74) is 2.42. The average Bonchev–Trinajstić information content (AvgIpc) is 2.12. The molecule has 0 spiro atoms. The molecule has 0 aromatic carbocycles. The Labute approximate surface area is 83.3 Å². The predicted molar refractivity (Wildman–Crippen MR) is 52.9 cm³/mol. The molecule has 2 unspecified atom stereocenters. The second kappa shape index (κ2) is 3.26. The van der Waals surface area contributed by atoms with Crippen LogP contribution in [0.25, 0.3) is 0 Å². The lowest BCUT2D eigenvalue weighted by Gasteiger charge is -2.26. The maximum atomic E-state index is 5.79. The Balaban J connectivity index is 2.44. The van der Waals surface area contributed by atoms with E-state index in [0.717, 1.165) is 12.1 Å². The Morgan fingerprint density at radius 3 is 2.92 bits per heavy atom. The number of aromatic nitrogens is 2. The highest BCUT2D eigenvalue weighted by molar-refractivity contribution is 6.29. The Hall–Kier alpha value is -0.630. The molecule has 1 heterocycles. The quantitative estimate of drug-likeness (QED) is 0.638. The van der Waals surface area contributed by atoms with Gasteiger partial charge in [-0.15, -0.1) is 5.10 Å². The third-order valence-electron chi connectivity index (χ3n) is 3.03. The molecule has 2 rings (SSSR count). The van der Waals surface area contributed by atoms with Crippen LogP contribution < -0.4 is 0 Å². The van der Waals surface area contributed by atoms with Gasteiger partial charge in [0.05, 0.1) is 5.69 Å². The molecule has 0 radical (unpaired) electrons. The molecule has 1 aliphatic carbocycles. The van der Waals surface area contributed by atoms with Gasteiger partial charge in [0.15, 0.2) is 5.15 Å². The van der Waals surface area contributed by atoms with Gasteiger partial charge in [-0.05, 0) is 30.4 Å². The minimum absolute atomic E-state index is 0.514. The first-order valence-electron chi connectivity index (χ1n) is 4.70. The van der Waals surface area contributed by atoms with Gasteiger partial charge in [0.1, 0.15) is 0 Å². The van der Waals surface area contributed by atoms with Crippen molar-refractivity contribution in [2.24, 2.45) is 5.92 Å². The summed E-state index contributed by atoms with van der Waals surface area (Å²) in [5.74, 6) is 1.23. The van der Waals surface area contributed by atoms with E-state index >= 15 is 0 Å². The van der Waals surface area contributed by atoms with Crippen LogP contribution in [-0.4, -0.2) is 10.2 Å². The van der Waals surface area contributed by atoms with Gasteiger partial charge in [0.25, 0.3) is 0 Å². The molecule has 0 saturated heterocycles. The normalized spacial score (nSPS) is 27.0. The van der Waals surface area contributed by atoms with Crippen molar-refractivity contribution in [3.63, 3.8) is 0 Å². The fraction of sp³-hybridized carbons (Fsp3) is 0.600. The fourth-order valence-electron chi connectivity index (χ4n) is 1.90. The maximum Gasteiger partial charge on any atom is 0.152 e. The van der Waals surface area contributed by atoms with Crippen molar-refractivity contribution in [1.29, 1.82) is 0 Å². The molecule has 1 aromatic rings. The smallest absolute Gasteiger partial charge is 0.152 e. The molecule has 3 heteroatoms. The van der Waals surface area contributed by atoms with Gasteiger partial charge < -0.3 is 0 Å². The molecule has 0 amide bonds. The third kappa shape index (κ3) is 1.55. The molecule has 0 saturated carbocycles. The molecule has 0 aliphatic heterocycles. The zero-order chi connectivity index (χ0) is 9.42. The van der Waals surface area contributed by atoms with Gasteiger partial charge in [-0.3, -0.25) is 0 Å². The molecule has 0 bridgehead atoms. The van der Waals surface area contributed by atoms with Crippen molar-refractivity contribution < 1.29 is 0 Å². The van der Waals surface area contributed by atoms with Gasteiger partial charge in [0, 0.05) is 5.92 Å². The maximum absolute atomic E-state index is 5.79. The number of rotatable bonds is 0. The van der Waals surface area contributed by atoms with Crippen LogP contribution in [0.2, 0.25) is 5.15 Å². The summed E-state index contributed by atoms with van der Waals surface area (Å²) >= 11 is 5.79. The lowest BCUT2D eigenvalue weighted by Crippen LogP contribution is -2.18. The van der Waals surface area contributed by atoms with E-state index in [-0.39, 0.29) is 0 Å². The molecule has 70 valence electrons. The summed E-state index contributed by atoms with van der Waals surface area (Å²) in [6.07, 6.45) is 2.33. The molecular weight excluding hydrogens is 184 g/mol. The van der Waals surface area contributed by atoms with Gasteiger partial charge >= 0.3 is 0 Å². The van der Waals surface area contributed by atoms with Gasteiger partial charge in [0.2, 0.25) is 0 Å². The largest absolute Gasteiger partial charge is 0.154 e. The lowest BCUT2D eigenvalue weighted by atomic mass is 9.80. The Kier molecular flexibility index (Phi) is 2.24. The first kappa shape index (κ1) is 8.95. The topological polar surface area (TPSA) is 25.8 Å². The molecule has 13 heavy (non-hydrogen) atoms. The zero-order valence-electron chi connectivity index (χ0n) is 7.92. The van der Waals surface area contributed by atoms with Gasteiger partial charge in [-0.1, -0.05) is 25.4 Å². The predicted octanol–water partition coefficient (Wildman–Crippen LogP) is 2.82. The fourth-order valence-corrected chi connectivity index (χ4v) is 2.07. The number of nitrogens with zero attached hydrogens (tertiary/aromatic N) is 2. The molecule has 0 fully saturated rings. The van der Waals surface area contributed by atoms with Crippen molar-refractivity contribution in [3.8, 4) is 0 Å². The van der Waals surface area contributed by atoms with Crippen LogP contribution in [0, 0.1) is 5.92 Å². The van der Waals surface area contributed by atoms with E-state index in [1.165, 1.54) is 12.0 Å². The summed E-state index contributed by atoms with van der Waals surface area (Å²) in [4.78, 5) is 0. The van der Waals surface area contributed by atoms with Gasteiger partial charge in [-0.25, -0.2) is 0 Å². The summed E-state index contributed by atoms with van der Waals surface area (Å²) in [6, 6.07) is 1.95. The van der Waals surface area contributed by atoms with Crippen LogP contribution in [0.4, 0.5) is 0 Å². The number of fused-ring (bicyclic) bond motifs is 1. The second-order valence-corrected chi connectivity index (χ2v) is 4.27. The number of aryl methyl sites for hydroxylation is 1. The minimum atomic E-state index is 0.514. The first-order valence-corrected chi connectivity index (χ1v) is 5.08. The van der Waals surface area contributed by atoms with E-state index in [9.17, 15) is 0 Å². The van der Waals surface area contributed by atoms with Crippen LogP contribution in [-0.2, 0) is 6.42 Å². The monoisotopic (exact) mass is 196 g/mol. The highest BCUT2D eigenvalue weighted by atomic mass is 35.5. The Morgan fingerprint density at radius 2 is 2.15 bits per heavy atom. The van der Waals surface area contributed by atoms with Crippen LogP contribution >= 0.6 is 11.6 Å². The number of hydrogen-bond donors (Lipinski definition) is 0.